The van der Waals surface area contributed by atoms with Gasteiger partial charge >= 0.3 is 12.0 Å². The summed E-state index contributed by atoms with van der Waals surface area (Å²) in [5.74, 6) is -1.34. The van der Waals surface area contributed by atoms with Crippen LogP contribution in [0.1, 0.15) is 36.2 Å². The number of aliphatic carboxylic acids is 1. The van der Waals surface area contributed by atoms with Crippen molar-refractivity contribution in [2.24, 2.45) is 5.41 Å². The number of carboxylic acids is 1. The van der Waals surface area contributed by atoms with Crippen molar-refractivity contribution in [1.29, 1.82) is 0 Å². The summed E-state index contributed by atoms with van der Waals surface area (Å²) in [5.41, 5.74) is 1.15. The standard InChI is InChI=1S/C20H21ClN2O4/c1-12-9-14(21)7-8-16(12)23-19(27)22-15-6-4-5-13(10-15)18(26)20(2,3)11-17(24)25/h4-10H,11H2,1-3H3,(H,24,25)(H2,22,23,27). The molecule has 2 rings (SSSR count). The minimum atomic E-state index is -1.05. The topological polar surface area (TPSA) is 95.5 Å². The van der Waals surface area contributed by atoms with Crippen LogP contribution in [0.4, 0.5) is 16.2 Å². The zero-order chi connectivity index (χ0) is 20.2. The molecule has 0 aliphatic rings. The smallest absolute Gasteiger partial charge is 0.323 e. The number of urea groups is 1. The molecule has 0 aliphatic carbocycles. The van der Waals surface area contributed by atoms with Gasteiger partial charge in [-0.1, -0.05) is 37.6 Å². The number of carbonyl (C=O) groups excluding carboxylic acids is 2. The van der Waals surface area contributed by atoms with Crippen molar-refractivity contribution in [2.45, 2.75) is 27.2 Å². The van der Waals surface area contributed by atoms with Crippen LogP contribution in [0.2, 0.25) is 5.02 Å². The van der Waals surface area contributed by atoms with E-state index in [0.717, 1.165) is 5.56 Å². The highest BCUT2D eigenvalue weighted by Gasteiger charge is 2.31. The van der Waals surface area contributed by atoms with Crippen molar-refractivity contribution < 1.29 is 19.5 Å². The Kier molecular flexibility index (Phi) is 6.23. The van der Waals surface area contributed by atoms with Crippen LogP contribution in [-0.4, -0.2) is 22.9 Å². The predicted molar refractivity (Wildman–Crippen MR) is 106 cm³/mol. The highest BCUT2D eigenvalue weighted by atomic mass is 35.5. The van der Waals surface area contributed by atoms with Crippen molar-refractivity contribution in [3.05, 3.63) is 58.6 Å². The van der Waals surface area contributed by atoms with E-state index >= 15 is 0 Å². The van der Waals surface area contributed by atoms with E-state index in [1.54, 1.807) is 50.2 Å². The number of rotatable bonds is 6. The van der Waals surface area contributed by atoms with Crippen molar-refractivity contribution in [2.75, 3.05) is 10.6 Å². The SMILES string of the molecule is Cc1cc(Cl)ccc1NC(=O)Nc1cccc(C(=O)C(C)(C)CC(=O)O)c1. The predicted octanol–water partition coefficient (Wildman–Crippen LogP) is 4.98. The number of nitrogens with one attached hydrogen (secondary N) is 2. The molecule has 142 valence electrons. The maximum absolute atomic E-state index is 12.6. The van der Waals surface area contributed by atoms with Crippen LogP contribution in [0, 0.1) is 12.3 Å². The fourth-order valence-corrected chi connectivity index (χ4v) is 2.87. The summed E-state index contributed by atoms with van der Waals surface area (Å²) in [4.78, 5) is 35.8. The average molecular weight is 389 g/mol. The number of anilines is 2. The number of ketones is 1. The first-order valence-corrected chi connectivity index (χ1v) is 8.67. The number of hydrogen-bond acceptors (Lipinski definition) is 3. The van der Waals surface area contributed by atoms with Crippen LogP contribution in [-0.2, 0) is 4.79 Å². The van der Waals surface area contributed by atoms with E-state index in [-0.39, 0.29) is 12.2 Å². The Balaban J connectivity index is 2.12. The van der Waals surface area contributed by atoms with Crippen molar-refractivity contribution in [3.63, 3.8) is 0 Å². The second kappa shape index (κ2) is 8.22. The summed E-state index contributed by atoms with van der Waals surface area (Å²) < 4.78 is 0. The first-order valence-electron chi connectivity index (χ1n) is 8.29. The summed E-state index contributed by atoms with van der Waals surface area (Å²) >= 11 is 5.90. The zero-order valence-corrected chi connectivity index (χ0v) is 16.1. The van der Waals surface area contributed by atoms with E-state index < -0.39 is 17.4 Å². The molecule has 2 aromatic rings. The third-order valence-corrected chi connectivity index (χ3v) is 4.26. The van der Waals surface area contributed by atoms with Gasteiger partial charge in [0, 0.05) is 27.4 Å². The van der Waals surface area contributed by atoms with Crippen LogP contribution < -0.4 is 10.6 Å². The molecule has 2 amide bonds. The number of carbonyl (C=O) groups is 3. The third kappa shape index (κ3) is 5.56. The Hall–Kier alpha value is -2.86. The molecule has 3 N–H and O–H groups in total. The quantitative estimate of drug-likeness (QED) is 0.608. The van der Waals surface area contributed by atoms with E-state index in [2.05, 4.69) is 10.6 Å². The summed E-state index contributed by atoms with van der Waals surface area (Å²) in [6, 6.07) is 11.1. The molecule has 0 bridgehead atoms. The second-order valence-electron chi connectivity index (χ2n) is 6.90. The van der Waals surface area contributed by atoms with Gasteiger partial charge in [0.2, 0.25) is 0 Å². The van der Waals surface area contributed by atoms with Crippen LogP contribution in [0.25, 0.3) is 0 Å². The van der Waals surface area contributed by atoms with Gasteiger partial charge in [-0.3, -0.25) is 9.59 Å². The third-order valence-electron chi connectivity index (χ3n) is 4.03. The first-order chi connectivity index (χ1) is 12.6. The molecule has 0 saturated carbocycles. The average Bonchev–Trinajstić information content (AvgIpc) is 2.56. The maximum Gasteiger partial charge on any atom is 0.323 e. The summed E-state index contributed by atoms with van der Waals surface area (Å²) in [6.45, 7) is 4.99. The number of hydrogen-bond donors (Lipinski definition) is 3. The molecule has 0 fully saturated rings. The molecular formula is C20H21ClN2O4. The van der Waals surface area contributed by atoms with Gasteiger partial charge in [-0.05, 0) is 42.8 Å². The monoisotopic (exact) mass is 388 g/mol. The molecule has 27 heavy (non-hydrogen) atoms. The van der Waals surface area contributed by atoms with Crippen molar-refractivity contribution in [1.82, 2.24) is 0 Å². The summed E-state index contributed by atoms with van der Waals surface area (Å²) in [6.07, 6.45) is -0.278. The molecule has 7 heteroatoms. The molecule has 2 aromatic carbocycles. The van der Waals surface area contributed by atoms with Crippen LogP contribution in [0.15, 0.2) is 42.5 Å². The van der Waals surface area contributed by atoms with Crippen LogP contribution in [0.3, 0.4) is 0 Å². The van der Waals surface area contributed by atoms with Crippen LogP contribution >= 0.6 is 11.6 Å². The summed E-state index contributed by atoms with van der Waals surface area (Å²) in [5, 5.41) is 14.9. The molecule has 0 aliphatic heterocycles. The van der Waals surface area contributed by atoms with Gasteiger partial charge in [0.25, 0.3) is 0 Å². The lowest BCUT2D eigenvalue weighted by molar-refractivity contribution is -0.138. The normalized spacial score (nSPS) is 11.0. The first kappa shape index (κ1) is 20.5. The van der Waals surface area contributed by atoms with E-state index in [4.69, 9.17) is 16.7 Å². The number of benzene rings is 2. The molecule has 0 radical (unpaired) electrons. The molecule has 6 nitrogen and oxygen atoms in total. The van der Waals surface area contributed by atoms with E-state index in [1.165, 1.54) is 6.07 Å². The van der Waals surface area contributed by atoms with Crippen molar-refractivity contribution in [3.8, 4) is 0 Å². The number of halogens is 1. The fraction of sp³-hybridized carbons (Fsp3) is 0.250. The van der Waals surface area contributed by atoms with Gasteiger partial charge in [-0.15, -0.1) is 0 Å². The van der Waals surface area contributed by atoms with E-state index in [9.17, 15) is 14.4 Å². The largest absolute Gasteiger partial charge is 0.481 e. The molecule has 0 heterocycles. The highest BCUT2D eigenvalue weighted by Crippen LogP contribution is 2.27. The molecular weight excluding hydrogens is 368 g/mol. The van der Waals surface area contributed by atoms with Gasteiger partial charge in [-0.2, -0.15) is 0 Å². The lowest BCUT2D eigenvalue weighted by Crippen LogP contribution is -2.27. The fourth-order valence-electron chi connectivity index (χ4n) is 2.64. The Bertz CT molecular complexity index is 893. The Labute approximate surface area is 162 Å². The minimum Gasteiger partial charge on any atom is -0.481 e. The molecule has 0 unspecified atom stereocenters. The van der Waals surface area contributed by atoms with Crippen LogP contribution in [0.5, 0.6) is 0 Å². The molecule has 0 aromatic heterocycles. The van der Waals surface area contributed by atoms with E-state index in [0.29, 0.717) is 22.0 Å². The maximum atomic E-state index is 12.6. The molecule has 0 atom stereocenters. The van der Waals surface area contributed by atoms with Gasteiger partial charge in [0.1, 0.15) is 0 Å². The lowest BCUT2D eigenvalue weighted by atomic mass is 9.81. The lowest BCUT2D eigenvalue weighted by Gasteiger charge is -2.21. The van der Waals surface area contributed by atoms with E-state index in [1.807, 2.05) is 6.92 Å². The summed E-state index contributed by atoms with van der Waals surface area (Å²) in [7, 11) is 0. The Morgan fingerprint density at radius 2 is 1.78 bits per heavy atom. The molecule has 0 spiro atoms. The van der Waals surface area contributed by atoms with Gasteiger partial charge in [-0.25, -0.2) is 4.79 Å². The van der Waals surface area contributed by atoms with Gasteiger partial charge < -0.3 is 15.7 Å². The Morgan fingerprint density at radius 3 is 2.41 bits per heavy atom. The highest BCUT2D eigenvalue weighted by molar-refractivity contribution is 6.30. The number of aryl methyl sites for hydroxylation is 1. The molecule has 0 saturated heterocycles. The Morgan fingerprint density at radius 1 is 1.07 bits per heavy atom. The second-order valence-corrected chi connectivity index (χ2v) is 7.34. The van der Waals surface area contributed by atoms with Gasteiger partial charge in [0.15, 0.2) is 5.78 Å². The van der Waals surface area contributed by atoms with Crippen molar-refractivity contribution >= 4 is 40.8 Å². The number of carboxylic acid groups (broad SMARTS) is 1. The zero-order valence-electron chi connectivity index (χ0n) is 15.3. The number of Topliss-reactive ketones (excluding diaryl/α,β-unsaturated/α-hetero) is 1. The van der Waals surface area contributed by atoms with Gasteiger partial charge in [0.05, 0.1) is 6.42 Å². The minimum absolute atomic E-state index is 0.278. The number of amides is 2.